The van der Waals surface area contributed by atoms with Crippen LogP contribution in [0.2, 0.25) is 5.02 Å². The number of hydrogen-bond donors (Lipinski definition) is 2. The Kier molecular flexibility index (Phi) is 6.93. The van der Waals surface area contributed by atoms with Gasteiger partial charge in [-0.25, -0.2) is 0 Å². The highest BCUT2D eigenvalue weighted by Crippen LogP contribution is 2.39. The van der Waals surface area contributed by atoms with Crippen molar-refractivity contribution in [3.8, 4) is 0 Å². The summed E-state index contributed by atoms with van der Waals surface area (Å²) in [7, 11) is 0. The largest absolute Gasteiger partial charge is 0.381 e. The maximum absolute atomic E-state index is 13.2. The van der Waals surface area contributed by atoms with Crippen LogP contribution in [0.4, 0.5) is 0 Å². The van der Waals surface area contributed by atoms with Crippen LogP contribution in [0, 0.1) is 5.92 Å². The van der Waals surface area contributed by atoms with E-state index in [-0.39, 0.29) is 24.4 Å². The number of piperidine rings is 1. The molecule has 2 N–H and O–H groups in total. The summed E-state index contributed by atoms with van der Waals surface area (Å²) in [5.74, 6) is 0.581. The van der Waals surface area contributed by atoms with Crippen molar-refractivity contribution in [2.24, 2.45) is 5.92 Å². The summed E-state index contributed by atoms with van der Waals surface area (Å²) < 4.78 is 5.51. The molecule has 6 heteroatoms. The zero-order valence-corrected chi connectivity index (χ0v) is 15.6. The molecular formula is C18H26Cl2N2O2. The predicted molar refractivity (Wildman–Crippen MR) is 99.0 cm³/mol. The zero-order chi connectivity index (χ0) is 16.3. The standard InChI is InChI=1S/C18H25ClN2O2.ClH/c1-13-6-9-20-12-16(13)21-17(22)18(7-10-23-11-8-18)14-4-2-3-5-15(14)19;/h2-5,13,16,20H,6-12H2,1H3,(H,21,22);1H. The first kappa shape index (κ1) is 19.5. The van der Waals surface area contributed by atoms with Gasteiger partial charge >= 0.3 is 0 Å². The molecule has 134 valence electrons. The van der Waals surface area contributed by atoms with Gasteiger partial charge in [0.2, 0.25) is 5.91 Å². The summed E-state index contributed by atoms with van der Waals surface area (Å²) in [5.41, 5.74) is 0.354. The Bertz CT molecular complexity index is 562. The third kappa shape index (κ3) is 3.88. The number of rotatable bonds is 3. The van der Waals surface area contributed by atoms with Crippen LogP contribution in [0.3, 0.4) is 0 Å². The molecule has 4 nitrogen and oxygen atoms in total. The van der Waals surface area contributed by atoms with Crippen molar-refractivity contribution in [3.05, 3.63) is 34.9 Å². The van der Waals surface area contributed by atoms with Crippen LogP contribution >= 0.6 is 24.0 Å². The highest BCUT2D eigenvalue weighted by molar-refractivity contribution is 6.31. The minimum absolute atomic E-state index is 0. The second-order valence-electron chi connectivity index (χ2n) is 6.72. The SMILES string of the molecule is CC1CCNCC1NC(=O)C1(c2ccccc2Cl)CCOCC1.Cl. The highest BCUT2D eigenvalue weighted by Gasteiger charge is 2.44. The van der Waals surface area contributed by atoms with Crippen molar-refractivity contribution in [1.82, 2.24) is 10.6 Å². The smallest absolute Gasteiger partial charge is 0.231 e. The molecule has 2 atom stereocenters. The van der Waals surface area contributed by atoms with Gasteiger partial charge in [0.15, 0.2) is 0 Å². The second kappa shape index (κ2) is 8.52. The van der Waals surface area contributed by atoms with E-state index < -0.39 is 5.41 Å². The fraction of sp³-hybridized carbons (Fsp3) is 0.611. The predicted octanol–water partition coefficient (Wildman–Crippen LogP) is 2.92. The Morgan fingerprint density at radius 1 is 1.33 bits per heavy atom. The highest BCUT2D eigenvalue weighted by atomic mass is 35.5. The van der Waals surface area contributed by atoms with E-state index in [1.54, 1.807) is 0 Å². The molecule has 1 amide bonds. The Morgan fingerprint density at radius 2 is 2.04 bits per heavy atom. The molecule has 24 heavy (non-hydrogen) atoms. The molecule has 2 heterocycles. The summed E-state index contributed by atoms with van der Waals surface area (Å²) in [5, 5.41) is 7.33. The quantitative estimate of drug-likeness (QED) is 0.857. The minimum atomic E-state index is -0.576. The first-order valence-corrected chi connectivity index (χ1v) is 8.86. The summed E-state index contributed by atoms with van der Waals surface area (Å²) in [6.07, 6.45) is 2.45. The van der Waals surface area contributed by atoms with Crippen LogP contribution in [-0.4, -0.2) is 38.3 Å². The monoisotopic (exact) mass is 372 g/mol. The number of carbonyl (C=O) groups excluding carboxylic acids is 1. The molecule has 0 bridgehead atoms. The lowest BCUT2D eigenvalue weighted by atomic mass is 9.73. The van der Waals surface area contributed by atoms with Gasteiger partial charge in [-0.15, -0.1) is 12.4 Å². The van der Waals surface area contributed by atoms with Crippen LogP contribution < -0.4 is 10.6 Å². The van der Waals surface area contributed by atoms with Crippen LogP contribution in [0.15, 0.2) is 24.3 Å². The van der Waals surface area contributed by atoms with E-state index in [4.69, 9.17) is 16.3 Å². The van der Waals surface area contributed by atoms with Gasteiger partial charge in [-0.2, -0.15) is 0 Å². The van der Waals surface area contributed by atoms with Crippen molar-refractivity contribution in [2.45, 2.75) is 37.6 Å². The second-order valence-corrected chi connectivity index (χ2v) is 7.13. The average molecular weight is 373 g/mol. The van der Waals surface area contributed by atoms with Gasteiger partial charge in [-0.1, -0.05) is 36.7 Å². The maximum atomic E-state index is 13.2. The lowest BCUT2D eigenvalue weighted by Gasteiger charge is -2.39. The number of halogens is 2. The molecule has 0 radical (unpaired) electrons. The molecule has 2 aliphatic heterocycles. The van der Waals surface area contributed by atoms with Gasteiger partial charge in [0.25, 0.3) is 0 Å². The van der Waals surface area contributed by atoms with Crippen molar-refractivity contribution >= 4 is 29.9 Å². The molecule has 0 aliphatic carbocycles. The molecule has 2 saturated heterocycles. The lowest BCUT2D eigenvalue weighted by molar-refractivity contribution is -0.131. The molecule has 0 spiro atoms. The Morgan fingerprint density at radius 3 is 2.71 bits per heavy atom. The lowest BCUT2D eigenvalue weighted by Crippen LogP contribution is -2.56. The number of nitrogens with one attached hydrogen (secondary N) is 2. The molecular weight excluding hydrogens is 347 g/mol. The van der Waals surface area contributed by atoms with Crippen molar-refractivity contribution in [3.63, 3.8) is 0 Å². The fourth-order valence-corrected chi connectivity index (χ4v) is 3.99. The van der Waals surface area contributed by atoms with E-state index in [9.17, 15) is 4.79 Å². The van der Waals surface area contributed by atoms with Crippen molar-refractivity contribution in [2.75, 3.05) is 26.3 Å². The summed E-state index contributed by atoms with van der Waals surface area (Å²) in [6.45, 7) is 5.26. The third-order valence-corrected chi connectivity index (χ3v) is 5.64. The van der Waals surface area contributed by atoms with E-state index in [2.05, 4.69) is 17.6 Å². The minimum Gasteiger partial charge on any atom is -0.381 e. The van der Waals surface area contributed by atoms with Crippen LogP contribution in [0.1, 0.15) is 31.7 Å². The number of hydrogen-bond acceptors (Lipinski definition) is 3. The third-order valence-electron chi connectivity index (χ3n) is 5.31. The zero-order valence-electron chi connectivity index (χ0n) is 14.0. The van der Waals surface area contributed by atoms with Gasteiger partial charge in [-0.3, -0.25) is 4.79 Å². The molecule has 2 fully saturated rings. The molecule has 1 aromatic rings. The number of ether oxygens (including phenoxy) is 1. The van der Waals surface area contributed by atoms with E-state index in [1.807, 2.05) is 24.3 Å². The van der Waals surface area contributed by atoms with Gasteiger partial charge in [0.05, 0.1) is 5.41 Å². The molecule has 2 aliphatic rings. The molecule has 0 aromatic heterocycles. The molecule has 2 unspecified atom stereocenters. The van der Waals surface area contributed by atoms with Gasteiger partial charge in [0.1, 0.15) is 0 Å². The van der Waals surface area contributed by atoms with Gasteiger partial charge in [0, 0.05) is 30.8 Å². The first-order valence-electron chi connectivity index (χ1n) is 8.48. The Labute approximate surface area is 155 Å². The summed E-state index contributed by atoms with van der Waals surface area (Å²) >= 11 is 6.43. The van der Waals surface area contributed by atoms with Crippen molar-refractivity contribution in [1.29, 1.82) is 0 Å². The van der Waals surface area contributed by atoms with Crippen molar-refractivity contribution < 1.29 is 9.53 Å². The molecule has 1 aromatic carbocycles. The van der Waals surface area contributed by atoms with Crippen LogP contribution in [0.5, 0.6) is 0 Å². The number of carbonyl (C=O) groups is 1. The van der Waals surface area contributed by atoms with Crippen LogP contribution in [0.25, 0.3) is 0 Å². The summed E-state index contributed by atoms with van der Waals surface area (Å²) in [6, 6.07) is 7.89. The van der Waals surface area contributed by atoms with E-state index in [0.29, 0.717) is 37.0 Å². The maximum Gasteiger partial charge on any atom is 0.231 e. The Balaban J connectivity index is 0.00000208. The van der Waals surface area contributed by atoms with Crippen LogP contribution in [-0.2, 0) is 14.9 Å². The average Bonchev–Trinajstić information content (AvgIpc) is 2.58. The Hall–Kier alpha value is -0.810. The number of amides is 1. The van der Waals surface area contributed by atoms with E-state index in [1.165, 1.54) is 0 Å². The van der Waals surface area contributed by atoms with E-state index >= 15 is 0 Å². The summed E-state index contributed by atoms with van der Waals surface area (Å²) in [4.78, 5) is 13.2. The topological polar surface area (TPSA) is 50.4 Å². The fourth-order valence-electron chi connectivity index (χ4n) is 3.68. The molecule has 3 rings (SSSR count). The normalized spacial score (nSPS) is 26.2. The number of benzene rings is 1. The van der Waals surface area contributed by atoms with E-state index in [0.717, 1.165) is 25.1 Å². The van der Waals surface area contributed by atoms with Gasteiger partial charge in [-0.05, 0) is 43.4 Å². The van der Waals surface area contributed by atoms with Gasteiger partial charge < -0.3 is 15.4 Å². The first-order chi connectivity index (χ1) is 11.1. The molecule has 0 saturated carbocycles.